The van der Waals surface area contributed by atoms with E-state index in [1.165, 1.54) is 0 Å². The summed E-state index contributed by atoms with van der Waals surface area (Å²) >= 11 is 0. The lowest BCUT2D eigenvalue weighted by molar-refractivity contribution is -0.139. The van der Waals surface area contributed by atoms with Gasteiger partial charge in [-0.3, -0.25) is 10.1 Å². The largest absolute Gasteiger partial charge is 0.480 e. The van der Waals surface area contributed by atoms with Crippen LogP contribution in [0.1, 0.15) is 30.2 Å². The Hall–Kier alpha value is -2.21. The highest BCUT2D eigenvalue weighted by Crippen LogP contribution is 2.13. The first-order valence-electron chi connectivity index (χ1n) is 6.03. The van der Waals surface area contributed by atoms with E-state index in [-0.39, 0.29) is 6.54 Å². The number of aryl methyl sites for hydroxylation is 1. The summed E-state index contributed by atoms with van der Waals surface area (Å²) < 4.78 is 4.96. The van der Waals surface area contributed by atoms with Crippen LogP contribution in [0.4, 0.5) is 0 Å². The van der Waals surface area contributed by atoms with Crippen LogP contribution >= 0.6 is 0 Å². The van der Waals surface area contributed by atoms with Gasteiger partial charge in [-0.25, -0.2) is 0 Å². The highest BCUT2D eigenvalue weighted by molar-refractivity contribution is 5.75. The smallest absolute Gasteiger partial charge is 0.325 e. The summed E-state index contributed by atoms with van der Waals surface area (Å²) in [7, 11) is 0. The summed E-state index contributed by atoms with van der Waals surface area (Å²) in [6, 6.07) is 8.19. The molecule has 1 heterocycles. The topological polar surface area (TPSA) is 88.2 Å². The van der Waals surface area contributed by atoms with Gasteiger partial charge in [0, 0.05) is 6.42 Å². The molecular formula is C13H15N3O3. The van der Waals surface area contributed by atoms with Gasteiger partial charge < -0.3 is 9.63 Å². The SMILES string of the molecule is CCc1nc(CN[C@H](C(=O)O)c2ccccc2)no1. The van der Waals surface area contributed by atoms with Gasteiger partial charge in [-0.15, -0.1) is 0 Å². The van der Waals surface area contributed by atoms with E-state index >= 15 is 0 Å². The lowest BCUT2D eigenvalue weighted by Gasteiger charge is -2.13. The average molecular weight is 261 g/mol. The number of hydrogen-bond donors (Lipinski definition) is 2. The van der Waals surface area contributed by atoms with Crippen LogP contribution in [0.2, 0.25) is 0 Å². The third-order valence-corrected chi connectivity index (χ3v) is 2.66. The van der Waals surface area contributed by atoms with Crippen molar-refractivity contribution < 1.29 is 14.4 Å². The maximum Gasteiger partial charge on any atom is 0.325 e. The van der Waals surface area contributed by atoms with Crippen molar-refractivity contribution in [2.45, 2.75) is 25.9 Å². The number of rotatable bonds is 6. The molecular weight excluding hydrogens is 246 g/mol. The van der Waals surface area contributed by atoms with Crippen molar-refractivity contribution in [2.75, 3.05) is 0 Å². The van der Waals surface area contributed by atoms with Gasteiger partial charge in [-0.2, -0.15) is 4.98 Å². The van der Waals surface area contributed by atoms with Gasteiger partial charge in [0.15, 0.2) is 5.82 Å². The standard InChI is InChI=1S/C13H15N3O3/c1-2-11-15-10(16-19-11)8-14-12(13(17)18)9-6-4-3-5-7-9/h3-7,12,14H,2,8H2,1H3,(H,17,18)/t12-/m0/s1. The number of aliphatic carboxylic acids is 1. The Balaban J connectivity index is 2.04. The van der Waals surface area contributed by atoms with Crippen LogP contribution in [0.15, 0.2) is 34.9 Å². The van der Waals surface area contributed by atoms with Gasteiger partial charge in [-0.05, 0) is 5.56 Å². The molecule has 1 atom stereocenters. The molecule has 0 saturated carbocycles. The number of carboxylic acids is 1. The summed E-state index contributed by atoms with van der Waals surface area (Å²) in [5.74, 6) is 0.0628. The van der Waals surface area contributed by atoms with E-state index in [0.717, 1.165) is 0 Å². The number of carboxylic acid groups (broad SMARTS) is 1. The average Bonchev–Trinajstić information content (AvgIpc) is 2.88. The lowest BCUT2D eigenvalue weighted by Crippen LogP contribution is -2.28. The van der Waals surface area contributed by atoms with Crippen molar-refractivity contribution in [2.24, 2.45) is 0 Å². The van der Waals surface area contributed by atoms with Crippen LogP contribution in [0.5, 0.6) is 0 Å². The summed E-state index contributed by atoms with van der Waals surface area (Å²) in [5, 5.41) is 15.9. The summed E-state index contributed by atoms with van der Waals surface area (Å²) in [6.07, 6.45) is 0.661. The van der Waals surface area contributed by atoms with Crippen molar-refractivity contribution in [1.82, 2.24) is 15.5 Å². The molecule has 100 valence electrons. The molecule has 0 aliphatic carbocycles. The molecule has 0 spiro atoms. The quantitative estimate of drug-likeness (QED) is 0.820. The molecule has 0 unspecified atom stereocenters. The number of hydrogen-bond acceptors (Lipinski definition) is 5. The molecule has 1 aromatic heterocycles. The minimum atomic E-state index is -0.939. The molecule has 19 heavy (non-hydrogen) atoms. The Kier molecular flexibility index (Phi) is 4.25. The zero-order chi connectivity index (χ0) is 13.7. The summed E-state index contributed by atoms with van der Waals surface area (Å²) in [4.78, 5) is 15.4. The second-order valence-corrected chi connectivity index (χ2v) is 4.02. The molecule has 6 heteroatoms. The van der Waals surface area contributed by atoms with Crippen molar-refractivity contribution in [3.05, 3.63) is 47.6 Å². The zero-order valence-electron chi connectivity index (χ0n) is 10.5. The minimum Gasteiger partial charge on any atom is -0.480 e. The van der Waals surface area contributed by atoms with Gasteiger partial charge in [-0.1, -0.05) is 42.4 Å². The van der Waals surface area contributed by atoms with E-state index in [9.17, 15) is 9.90 Å². The molecule has 0 saturated heterocycles. The molecule has 0 bridgehead atoms. The molecule has 0 amide bonds. The number of aromatic nitrogens is 2. The minimum absolute atomic E-state index is 0.245. The van der Waals surface area contributed by atoms with Crippen LogP contribution in [0, 0.1) is 0 Å². The zero-order valence-corrected chi connectivity index (χ0v) is 10.5. The molecule has 1 aromatic carbocycles. The van der Waals surface area contributed by atoms with Crippen LogP contribution in [0.3, 0.4) is 0 Å². The highest BCUT2D eigenvalue weighted by atomic mass is 16.5. The lowest BCUT2D eigenvalue weighted by atomic mass is 10.1. The van der Waals surface area contributed by atoms with E-state index < -0.39 is 12.0 Å². The molecule has 2 aromatic rings. The first-order chi connectivity index (χ1) is 9.20. The normalized spacial score (nSPS) is 12.3. The van der Waals surface area contributed by atoms with Crippen molar-refractivity contribution >= 4 is 5.97 Å². The van der Waals surface area contributed by atoms with Gasteiger partial charge in [0.25, 0.3) is 0 Å². The Bertz CT molecular complexity index is 539. The Morgan fingerprint density at radius 3 is 2.74 bits per heavy atom. The van der Waals surface area contributed by atoms with Crippen LogP contribution in [-0.2, 0) is 17.8 Å². The predicted octanol–water partition coefficient (Wildman–Crippen LogP) is 1.55. The third-order valence-electron chi connectivity index (χ3n) is 2.66. The van der Waals surface area contributed by atoms with Crippen molar-refractivity contribution in [3.8, 4) is 0 Å². The van der Waals surface area contributed by atoms with Crippen LogP contribution in [0.25, 0.3) is 0 Å². The van der Waals surface area contributed by atoms with Crippen molar-refractivity contribution in [1.29, 1.82) is 0 Å². The summed E-state index contributed by atoms with van der Waals surface area (Å²) in [6.45, 7) is 2.16. The Labute approximate surface area is 110 Å². The number of nitrogens with one attached hydrogen (secondary N) is 1. The van der Waals surface area contributed by atoms with Crippen molar-refractivity contribution in [3.63, 3.8) is 0 Å². The Morgan fingerprint density at radius 2 is 2.16 bits per heavy atom. The number of nitrogens with zero attached hydrogens (tertiary/aromatic N) is 2. The van der Waals surface area contributed by atoms with E-state index in [1.54, 1.807) is 24.3 Å². The second-order valence-electron chi connectivity index (χ2n) is 4.02. The molecule has 2 N–H and O–H groups in total. The molecule has 2 rings (SSSR count). The molecule has 0 radical (unpaired) electrons. The van der Waals surface area contributed by atoms with Crippen LogP contribution in [-0.4, -0.2) is 21.2 Å². The first kappa shape index (κ1) is 13.2. The fourth-order valence-electron chi connectivity index (χ4n) is 1.69. The van der Waals surface area contributed by atoms with Crippen LogP contribution < -0.4 is 5.32 Å². The van der Waals surface area contributed by atoms with Gasteiger partial charge in [0.1, 0.15) is 6.04 Å². The van der Waals surface area contributed by atoms with Gasteiger partial charge in [0.05, 0.1) is 6.54 Å². The van der Waals surface area contributed by atoms with E-state index in [2.05, 4.69) is 15.5 Å². The molecule has 0 aliphatic heterocycles. The monoisotopic (exact) mass is 261 g/mol. The molecule has 0 fully saturated rings. The fraction of sp³-hybridized carbons (Fsp3) is 0.308. The van der Waals surface area contributed by atoms with E-state index in [0.29, 0.717) is 23.7 Å². The summed E-state index contributed by atoms with van der Waals surface area (Å²) in [5.41, 5.74) is 0.689. The maximum absolute atomic E-state index is 11.3. The number of benzene rings is 1. The third kappa shape index (κ3) is 3.38. The second kappa shape index (κ2) is 6.10. The van der Waals surface area contributed by atoms with Gasteiger partial charge >= 0.3 is 5.97 Å². The van der Waals surface area contributed by atoms with E-state index in [4.69, 9.17) is 4.52 Å². The predicted molar refractivity (Wildman–Crippen MR) is 67.3 cm³/mol. The van der Waals surface area contributed by atoms with Gasteiger partial charge in [0.2, 0.25) is 5.89 Å². The molecule has 6 nitrogen and oxygen atoms in total. The first-order valence-corrected chi connectivity index (χ1v) is 6.03. The number of carbonyl (C=O) groups is 1. The molecule has 0 aliphatic rings. The highest BCUT2D eigenvalue weighted by Gasteiger charge is 2.19. The fourth-order valence-corrected chi connectivity index (χ4v) is 1.69. The van der Waals surface area contributed by atoms with E-state index in [1.807, 2.05) is 13.0 Å². The Morgan fingerprint density at radius 1 is 1.42 bits per heavy atom. The maximum atomic E-state index is 11.3.